The third kappa shape index (κ3) is 8.56. The highest BCUT2D eigenvalue weighted by atomic mass is 16.6. The number of carbonyl (C=O) groups is 1. The lowest BCUT2D eigenvalue weighted by atomic mass is 9.98. The van der Waals surface area contributed by atoms with Crippen LogP contribution in [-0.2, 0) is 9.47 Å². The van der Waals surface area contributed by atoms with Crippen molar-refractivity contribution in [1.82, 2.24) is 10.6 Å². The van der Waals surface area contributed by atoms with Gasteiger partial charge in [0.15, 0.2) is 0 Å². The predicted octanol–water partition coefficient (Wildman–Crippen LogP) is 3.47. The number of ether oxygens (including phenoxy) is 2. The van der Waals surface area contributed by atoms with Crippen molar-refractivity contribution in [3.63, 3.8) is 0 Å². The minimum absolute atomic E-state index is 0.0670. The molecule has 0 saturated carbocycles. The summed E-state index contributed by atoms with van der Waals surface area (Å²) in [5.41, 5.74) is -0.465. The van der Waals surface area contributed by atoms with Gasteiger partial charge in [0.1, 0.15) is 5.60 Å². The van der Waals surface area contributed by atoms with Crippen LogP contribution in [0.1, 0.15) is 67.2 Å². The lowest BCUT2D eigenvalue weighted by Gasteiger charge is -2.32. The molecule has 0 aromatic rings. The highest BCUT2D eigenvalue weighted by molar-refractivity contribution is 5.68. The van der Waals surface area contributed by atoms with Crippen LogP contribution in [0.5, 0.6) is 0 Å². The largest absolute Gasteiger partial charge is 0.444 e. The SMILES string of the molecule is CCCC1CC(NCC(NC(=O)OC(C)(C)C)C(C)C)CCO1. The first-order valence-corrected chi connectivity index (χ1v) is 9.05. The van der Waals surface area contributed by atoms with Crippen LogP contribution in [0.2, 0.25) is 0 Å². The zero-order valence-electron chi connectivity index (χ0n) is 15.8. The fraction of sp³-hybridized carbons (Fsp3) is 0.944. The Hall–Kier alpha value is -0.810. The molecule has 0 spiro atoms. The van der Waals surface area contributed by atoms with E-state index >= 15 is 0 Å². The van der Waals surface area contributed by atoms with Crippen LogP contribution in [0.3, 0.4) is 0 Å². The number of carbonyl (C=O) groups excluding carboxylic acids is 1. The van der Waals surface area contributed by atoms with E-state index in [1.165, 1.54) is 0 Å². The molecule has 1 aliphatic rings. The van der Waals surface area contributed by atoms with E-state index in [2.05, 4.69) is 31.4 Å². The fourth-order valence-corrected chi connectivity index (χ4v) is 2.79. The molecule has 3 unspecified atom stereocenters. The quantitative estimate of drug-likeness (QED) is 0.751. The summed E-state index contributed by atoms with van der Waals surface area (Å²) in [5.74, 6) is 0.348. The molecular formula is C18H36N2O3. The molecule has 1 saturated heterocycles. The lowest BCUT2D eigenvalue weighted by molar-refractivity contribution is -0.00384. The van der Waals surface area contributed by atoms with Gasteiger partial charge >= 0.3 is 6.09 Å². The summed E-state index contributed by atoms with van der Waals surface area (Å²) in [4.78, 5) is 12.0. The molecule has 5 nitrogen and oxygen atoms in total. The van der Waals surface area contributed by atoms with Crippen molar-refractivity contribution in [2.24, 2.45) is 5.92 Å². The molecule has 0 radical (unpaired) electrons. The van der Waals surface area contributed by atoms with E-state index in [0.29, 0.717) is 18.1 Å². The Morgan fingerprint density at radius 2 is 2.04 bits per heavy atom. The van der Waals surface area contributed by atoms with Crippen molar-refractivity contribution in [1.29, 1.82) is 0 Å². The standard InChI is InChI=1S/C18H36N2O3/c1-7-8-15-11-14(9-10-22-15)19-12-16(13(2)3)20-17(21)23-18(4,5)6/h13-16,19H,7-12H2,1-6H3,(H,20,21). The number of rotatable bonds is 7. The first-order chi connectivity index (χ1) is 10.7. The van der Waals surface area contributed by atoms with Crippen LogP contribution in [0.4, 0.5) is 4.79 Å². The topological polar surface area (TPSA) is 59.6 Å². The van der Waals surface area contributed by atoms with Crippen LogP contribution >= 0.6 is 0 Å². The second kappa shape index (κ2) is 9.48. The van der Waals surface area contributed by atoms with Crippen LogP contribution < -0.4 is 10.6 Å². The molecule has 0 aromatic carbocycles. The summed E-state index contributed by atoms with van der Waals surface area (Å²) in [7, 11) is 0. The lowest BCUT2D eigenvalue weighted by Crippen LogP contribution is -2.50. The molecule has 0 bridgehead atoms. The van der Waals surface area contributed by atoms with Gasteiger partial charge in [-0.1, -0.05) is 27.2 Å². The number of amides is 1. The molecule has 1 fully saturated rings. The smallest absolute Gasteiger partial charge is 0.407 e. The van der Waals surface area contributed by atoms with Gasteiger partial charge in [-0.2, -0.15) is 0 Å². The summed E-state index contributed by atoms with van der Waals surface area (Å²) in [6.07, 6.45) is 4.42. The molecule has 1 aliphatic heterocycles. The van der Waals surface area contributed by atoms with Crippen molar-refractivity contribution in [2.75, 3.05) is 13.2 Å². The molecule has 1 amide bonds. The Morgan fingerprint density at radius 3 is 2.61 bits per heavy atom. The summed E-state index contributed by atoms with van der Waals surface area (Å²) in [6, 6.07) is 0.541. The highest BCUT2D eigenvalue weighted by Crippen LogP contribution is 2.18. The number of alkyl carbamates (subject to hydrolysis) is 1. The van der Waals surface area contributed by atoms with E-state index in [0.717, 1.165) is 38.8 Å². The van der Waals surface area contributed by atoms with Crippen molar-refractivity contribution >= 4 is 6.09 Å². The predicted molar refractivity (Wildman–Crippen MR) is 93.7 cm³/mol. The maximum Gasteiger partial charge on any atom is 0.407 e. The second-order valence-corrected chi connectivity index (χ2v) is 7.91. The Balaban J connectivity index is 2.42. The third-order valence-electron chi connectivity index (χ3n) is 4.11. The summed E-state index contributed by atoms with van der Waals surface area (Å²) < 4.78 is 11.2. The Labute approximate surface area is 141 Å². The van der Waals surface area contributed by atoms with Gasteiger partial charge < -0.3 is 20.1 Å². The Bertz CT molecular complexity index is 351. The molecule has 1 rings (SSSR count). The molecule has 0 aliphatic carbocycles. The average Bonchev–Trinajstić information content (AvgIpc) is 2.42. The highest BCUT2D eigenvalue weighted by Gasteiger charge is 2.25. The summed E-state index contributed by atoms with van der Waals surface area (Å²) in [5, 5.41) is 6.60. The molecule has 3 atom stereocenters. The van der Waals surface area contributed by atoms with E-state index in [9.17, 15) is 4.79 Å². The van der Waals surface area contributed by atoms with Crippen LogP contribution in [0.15, 0.2) is 0 Å². The molecular weight excluding hydrogens is 292 g/mol. The molecule has 23 heavy (non-hydrogen) atoms. The monoisotopic (exact) mass is 328 g/mol. The number of hydrogen-bond acceptors (Lipinski definition) is 4. The minimum atomic E-state index is -0.465. The average molecular weight is 328 g/mol. The van der Waals surface area contributed by atoms with Gasteiger partial charge in [0, 0.05) is 25.2 Å². The van der Waals surface area contributed by atoms with E-state index < -0.39 is 5.60 Å². The zero-order chi connectivity index (χ0) is 17.5. The summed E-state index contributed by atoms with van der Waals surface area (Å²) >= 11 is 0. The van der Waals surface area contributed by atoms with Gasteiger partial charge in [-0.15, -0.1) is 0 Å². The van der Waals surface area contributed by atoms with Crippen LogP contribution in [-0.4, -0.2) is 43.0 Å². The third-order valence-corrected chi connectivity index (χ3v) is 4.11. The van der Waals surface area contributed by atoms with E-state index in [1.54, 1.807) is 0 Å². The Kier molecular flexibility index (Phi) is 8.34. The second-order valence-electron chi connectivity index (χ2n) is 7.91. The number of hydrogen-bond donors (Lipinski definition) is 2. The first-order valence-electron chi connectivity index (χ1n) is 9.05. The van der Waals surface area contributed by atoms with Gasteiger partial charge in [-0.25, -0.2) is 4.79 Å². The molecule has 0 aromatic heterocycles. The molecule has 136 valence electrons. The molecule has 1 heterocycles. The van der Waals surface area contributed by atoms with Crippen molar-refractivity contribution in [2.45, 2.75) is 91.0 Å². The van der Waals surface area contributed by atoms with Crippen LogP contribution in [0.25, 0.3) is 0 Å². The maximum atomic E-state index is 12.0. The number of nitrogens with one attached hydrogen (secondary N) is 2. The normalized spacial score (nSPS) is 23.6. The van der Waals surface area contributed by atoms with Gasteiger partial charge in [-0.3, -0.25) is 0 Å². The van der Waals surface area contributed by atoms with Crippen molar-refractivity contribution < 1.29 is 14.3 Å². The summed E-state index contributed by atoms with van der Waals surface area (Å²) in [6.45, 7) is 13.7. The Morgan fingerprint density at radius 1 is 1.35 bits per heavy atom. The first kappa shape index (κ1) is 20.2. The maximum absolute atomic E-state index is 12.0. The van der Waals surface area contributed by atoms with Gasteiger partial charge in [0.2, 0.25) is 0 Å². The van der Waals surface area contributed by atoms with Crippen molar-refractivity contribution in [3.8, 4) is 0 Å². The van der Waals surface area contributed by atoms with E-state index in [-0.39, 0.29) is 12.1 Å². The van der Waals surface area contributed by atoms with Crippen molar-refractivity contribution in [3.05, 3.63) is 0 Å². The van der Waals surface area contributed by atoms with E-state index in [4.69, 9.17) is 9.47 Å². The molecule has 5 heteroatoms. The van der Waals surface area contributed by atoms with Gasteiger partial charge in [0.25, 0.3) is 0 Å². The van der Waals surface area contributed by atoms with Crippen LogP contribution in [0, 0.1) is 5.92 Å². The zero-order valence-corrected chi connectivity index (χ0v) is 15.8. The van der Waals surface area contributed by atoms with Gasteiger partial charge in [-0.05, 0) is 46.0 Å². The fourth-order valence-electron chi connectivity index (χ4n) is 2.79. The molecule has 2 N–H and O–H groups in total. The van der Waals surface area contributed by atoms with Gasteiger partial charge in [0.05, 0.1) is 6.10 Å². The van der Waals surface area contributed by atoms with E-state index in [1.807, 2.05) is 20.8 Å². The minimum Gasteiger partial charge on any atom is -0.444 e.